The molecule has 2 aromatic rings. The van der Waals surface area contributed by atoms with Crippen LogP contribution in [-0.4, -0.2) is 51.2 Å². The lowest BCUT2D eigenvalue weighted by Gasteiger charge is -2.53. The second kappa shape index (κ2) is 8.69. The quantitative estimate of drug-likeness (QED) is 0.379. The highest BCUT2D eigenvalue weighted by molar-refractivity contribution is 8.02. The number of thioether (sulfide) groups is 1. The van der Waals surface area contributed by atoms with Crippen molar-refractivity contribution in [2.75, 3.05) is 11.2 Å². The summed E-state index contributed by atoms with van der Waals surface area (Å²) in [5.41, 5.74) is 3.16. The maximum absolute atomic E-state index is 12.8. The van der Waals surface area contributed by atoms with Gasteiger partial charge in [-0.2, -0.15) is 0 Å². The minimum atomic E-state index is 0.0250. The van der Waals surface area contributed by atoms with Crippen molar-refractivity contribution in [2.24, 2.45) is 4.99 Å². The highest BCUT2D eigenvalue weighted by Crippen LogP contribution is 2.37. The van der Waals surface area contributed by atoms with Gasteiger partial charge in [-0.05, 0) is 44.5 Å². The van der Waals surface area contributed by atoms with Gasteiger partial charge in [-0.1, -0.05) is 0 Å². The van der Waals surface area contributed by atoms with Crippen LogP contribution in [0.15, 0.2) is 28.7 Å². The molecule has 2 aliphatic heterocycles. The summed E-state index contributed by atoms with van der Waals surface area (Å²) < 4.78 is 0. The van der Waals surface area contributed by atoms with Gasteiger partial charge in [-0.25, -0.2) is 9.97 Å². The molecule has 0 radical (unpaired) electrons. The lowest BCUT2D eigenvalue weighted by Crippen LogP contribution is -2.63. The zero-order valence-corrected chi connectivity index (χ0v) is 18.6. The minimum Gasteiger partial charge on any atom is -0.361 e. The van der Waals surface area contributed by atoms with E-state index in [1.54, 1.807) is 29.3 Å². The second-order valence-electron chi connectivity index (χ2n) is 7.50. The number of nitrogens with one attached hydrogen (secondary N) is 2. The summed E-state index contributed by atoms with van der Waals surface area (Å²) in [6.45, 7) is 7.63. The van der Waals surface area contributed by atoms with E-state index in [-0.39, 0.29) is 18.0 Å². The molecule has 2 aliphatic rings. The number of carbonyl (C=O) groups excluding carboxylic acids is 1. The molecule has 2 aromatic heterocycles. The van der Waals surface area contributed by atoms with Gasteiger partial charge >= 0.3 is 0 Å². The highest BCUT2D eigenvalue weighted by Gasteiger charge is 2.46. The first-order valence-electron chi connectivity index (χ1n) is 9.78. The molecule has 2 saturated heterocycles. The largest absolute Gasteiger partial charge is 0.361 e. The van der Waals surface area contributed by atoms with Crippen molar-refractivity contribution in [3.8, 4) is 0 Å². The monoisotopic (exact) mass is 440 g/mol. The Kier molecular flexibility index (Phi) is 6.01. The average Bonchev–Trinajstić information content (AvgIpc) is 3.06. The van der Waals surface area contributed by atoms with E-state index >= 15 is 0 Å². The second-order valence-corrected chi connectivity index (χ2v) is 9.56. The molecule has 2 fully saturated rings. The number of thiazole rings is 1. The van der Waals surface area contributed by atoms with Crippen molar-refractivity contribution < 1.29 is 4.79 Å². The topological polar surface area (TPSA) is 94.3 Å². The Labute approximate surface area is 184 Å². The summed E-state index contributed by atoms with van der Waals surface area (Å²) in [5.74, 6) is 1.36. The standard InChI is InChI=1S/C21H24N6OS2/c1-12-20(30-13(2)26-12)18(23-3)10-29-11-25-19-5-4-14(9-24-19)21(28)27-16-6-15(22)7-17(27)8-16/h4-5,9-10,16-17,22H,3,6-8,11H2,1-2H3,(H,24,25)/b18-10-,22-15?/t16-,17+. The van der Waals surface area contributed by atoms with Crippen LogP contribution >= 0.6 is 23.1 Å². The van der Waals surface area contributed by atoms with Crippen LogP contribution in [-0.2, 0) is 0 Å². The SMILES string of the molecule is C=N/C(=C\SCNc1ccc(C(=O)N2[C@@H]3CC(=N)C[C@H]2C3)cn1)c1sc(C)nc1C. The molecule has 0 unspecified atom stereocenters. The smallest absolute Gasteiger partial charge is 0.255 e. The number of nitrogens with zero attached hydrogens (tertiary/aromatic N) is 4. The molecule has 2 atom stereocenters. The van der Waals surface area contributed by atoms with Gasteiger partial charge in [0, 0.05) is 36.8 Å². The fourth-order valence-corrected chi connectivity index (χ4v) is 5.63. The molecular weight excluding hydrogens is 416 g/mol. The third-order valence-corrected chi connectivity index (χ3v) is 7.17. The van der Waals surface area contributed by atoms with Crippen LogP contribution in [0.5, 0.6) is 0 Å². The Bertz CT molecular complexity index is 999. The first-order valence-corrected chi connectivity index (χ1v) is 11.6. The maximum Gasteiger partial charge on any atom is 0.255 e. The normalized spacial score (nSPS) is 20.7. The van der Waals surface area contributed by atoms with Gasteiger partial charge in [0.05, 0.1) is 32.7 Å². The van der Waals surface area contributed by atoms with Crippen molar-refractivity contribution in [1.82, 2.24) is 14.9 Å². The van der Waals surface area contributed by atoms with Gasteiger partial charge in [-0.3, -0.25) is 9.79 Å². The van der Waals surface area contributed by atoms with Gasteiger partial charge in [0.2, 0.25) is 0 Å². The van der Waals surface area contributed by atoms with Gasteiger partial charge in [0.25, 0.3) is 5.91 Å². The van der Waals surface area contributed by atoms with E-state index in [9.17, 15) is 4.79 Å². The number of hydrogen-bond acceptors (Lipinski definition) is 8. The molecule has 7 nitrogen and oxygen atoms in total. The number of aryl methyl sites for hydroxylation is 2. The highest BCUT2D eigenvalue weighted by atomic mass is 32.2. The molecule has 30 heavy (non-hydrogen) atoms. The van der Waals surface area contributed by atoms with Crippen molar-refractivity contribution in [3.63, 3.8) is 0 Å². The molecule has 0 aromatic carbocycles. The van der Waals surface area contributed by atoms with E-state index in [4.69, 9.17) is 5.41 Å². The third-order valence-electron chi connectivity index (χ3n) is 5.38. The predicted molar refractivity (Wildman–Crippen MR) is 125 cm³/mol. The van der Waals surface area contributed by atoms with Crippen LogP contribution in [0.25, 0.3) is 5.70 Å². The van der Waals surface area contributed by atoms with Crippen LogP contribution in [0.1, 0.15) is 45.2 Å². The Morgan fingerprint density at radius 2 is 2.20 bits per heavy atom. The summed E-state index contributed by atoms with van der Waals surface area (Å²) in [6.07, 6.45) is 4.07. The molecule has 0 aliphatic carbocycles. The molecule has 2 bridgehead atoms. The molecule has 156 valence electrons. The van der Waals surface area contributed by atoms with Crippen LogP contribution < -0.4 is 5.32 Å². The van der Waals surface area contributed by atoms with Crippen molar-refractivity contribution in [2.45, 2.75) is 45.2 Å². The van der Waals surface area contributed by atoms with Crippen molar-refractivity contribution >= 4 is 52.9 Å². The summed E-state index contributed by atoms with van der Waals surface area (Å²) in [4.78, 5) is 28.7. The van der Waals surface area contributed by atoms with Crippen LogP contribution in [0.3, 0.4) is 0 Å². The first-order chi connectivity index (χ1) is 14.5. The molecule has 0 saturated carbocycles. The van der Waals surface area contributed by atoms with E-state index in [0.717, 1.165) is 39.2 Å². The zero-order chi connectivity index (χ0) is 21.3. The Hall–Kier alpha value is -2.52. The average molecular weight is 441 g/mol. The Morgan fingerprint density at radius 3 is 2.80 bits per heavy atom. The molecule has 4 rings (SSSR count). The number of anilines is 1. The number of aliphatic imine (C=N–C) groups is 1. The summed E-state index contributed by atoms with van der Waals surface area (Å²) in [6, 6.07) is 4.04. The fraction of sp³-hybridized carbons (Fsp3) is 0.381. The number of aromatic nitrogens is 2. The third kappa shape index (κ3) is 4.17. The van der Waals surface area contributed by atoms with Crippen LogP contribution in [0.4, 0.5) is 5.82 Å². The number of hydrogen-bond donors (Lipinski definition) is 2. The molecular formula is C21H24N6OS2. The molecule has 2 N–H and O–H groups in total. The van der Waals surface area contributed by atoms with Crippen LogP contribution in [0.2, 0.25) is 0 Å². The van der Waals surface area contributed by atoms with Crippen molar-refractivity contribution in [1.29, 1.82) is 5.41 Å². The first kappa shape index (κ1) is 20.7. The van der Waals surface area contributed by atoms with E-state index in [1.807, 2.05) is 36.3 Å². The van der Waals surface area contributed by atoms with Gasteiger partial charge in [-0.15, -0.1) is 23.1 Å². The zero-order valence-electron chi connectivity index (χ0n) is 17.0. The number of rotatable bonds is 7. The number of amides is 1. The Morgan fingerprint density at radius 1 is 1.43 bits per heavy atom. The van der Waals surface area contributed by atoms with E-state index in [2.05, 4.69) is 27.0 Å². The van der Waals surface area contributed by atoms with Gasteiger partial charge in [0.15, 0.2) is 0 Å². The lowest BCUT2D eigenvalue weighted by molar-refractivity contribution is 0.0117. The number of fused-ring (bicyclic) bond motifs is 2. The predicted octanol–water partition coefficient (Wildman–Crippen LogP) is 4.35. The van der Waals surface area contributed by atoms with Gasteiger partial charge in [0.1, 0.15) is 5.82 Å². The maximum atomic E-state index is 12.8. The van der Waals surface area contributed by atoms with Crippen molar-refractivity contribution in [3.05, 3.63) is 44.9 Å². The molecule has 9 heteroatoms. The number of carbonyl (C=O) groups is 1. The van der Waals surface area contributed by atoms with E-state index in [1.165, 1.54) is 0 Å². The van der Waals surface area contributed by atoms with E-state index < -0.39 is 0 Å². The van der Waals surface area contributed by atoms with Gasteiger partial charge < -0.3 is 15.6 Å². The molecule has 0 spiro atoms. The lowest BCUT2D eigenvalue weighted by atomic mass is 9.78. The molecule has 4 heterocycles. The Balaban J connectivity index is 1.31. The van der Waals surface area contributed by atoms with Crippen LogP contribution in [0, 0.1) is 19.3 Å². The molecule has 1 amide bonds. The fourth-order valence-electron chi connectivity index (χ4n) is 3.99. The summed E-state index contributed by atoms with van der Waals surface area (Å²) in [5, 5.41) is 14.0. The number of piperidine rings is 1. The van der Waals surface area contributed by atoms with E-state index in [0.29, 0.717) is 24.3 Å². The summed E-state index contributed by atoms with van der Waals surface area (Å²) in [7, 11) is 0. The summed E-state index contributed by atoms with van der Waals surface area (Å²) >= 11 is 3.18. The number of pyridine rings is 1. The minimum absolute atomic E-state index is 0.0250.